The number of aromatic nitrogens is 1. The highest BCUT2D eigenvalue weighted by molar-refractivity contribution is 7.89. The Morgan fingerprint density at radius 2 is 1.95 bits per heavy atom. The Hall–Kier alpha value is -1.57. The Bertz CT molecular complexity index is 751. The highest BCUT2D eigenvalue weighted by Crippen LogP contribution is 2.19. The van der Waals surface area contributed by atoms with E-state index in [1.54, 1.807) is 0 Å². The fraction of sp³-hybridized carbons (Fsp3) is 0.154. The fourth-order valence-corrected chi connectivity index (χ4v) is 2.88. The molecule has 0 bridgehead atoms. The van der Waals surface area contributed by atoms with Gasteiger partial charge in [-0.25, -0.2) is 22.2 Å². The average molecular weight is 333 g/mol. The summed E-state index contributed by atoms with van der Waals surface area (Å²) in [7, 11) is -2.53. The monoisotopic (exact) mass is 332 g/mol. The van der Waals surface area contributed by atoms with Crippen molar-refractivity contribution in [2.45, 2.75) is 11.4 Å². The molecule has 0 saturated heterocycles. The summed E-state index contributed by atoms with van der Waals surface area (Å²) in [5, 5.41) is 0.168. The summed E-state index contributed by atoms with van der Waals surface area (Å²) in [6, 6.07) is 5.64. The fourth-order valence-electron chi connectivity index (χ4n) is 1.67. The van der Waals surface area contributed by atoms with Crippen LogP contribution in [0.25, 0.3) is 0 Å². The molecule has 21 heavy (non-hydrogen) atoms. The van der Waals surface area contributed by atoms with E-state index in [4.69, 9.17) is 11.6 Å². The molecule has 2 rings (SSSR count). The van der Waals surface area contributed by atoms with E-state index in [1.165, 1.54) is 25.2 Å². The van der Waals surface area contributed by atoms with Crippen LogP contribution in [0.4, 0.5) is 8.78 Å². The number of nitrogens with zero attached hydrogens (tertiary/aromatic N) is 2. The van der Waals surface area contributed by atoms with Gasteiger partial charge in [-0.05, 0) is 18.2 Å². The molecule has 0 atom stereocenters. The predicted octanol–water partition coefficient (Wildman–Crippen LogP) is 2.83. The molecule has 0 amide bonds. The van der Waals surface area contributed by atoms with E-state index < -0.39 is 21.7 Å². The van der Waals surface area contributed by atoms with Crippen molar-refractivity contribution in [2.24, 2.45) is 0 Å². The maximum Gasteiger partial charge on any atom is 0.244 e. The largest absolute Gasteiger partial charge is 0.244 e. The van der Waals surface area contributed by atoms with Crippen molar-refractivity contribution >= 4 is 21.6 Å². The van der Waals surface area contributed by atoms with Gasteiger partial charge in [0.15, 0.2) is 0 Å². The molecule has 0 unspecified atom stereocenters. The van der Waals surface area contributed by atoms with Gasteiger partial charge in [0.1, 0.15) is 21.7 Å². The maximum absolute atomic E-state index is 13.6. The topological polar surface area (TPSA) is 50.3 Å². The summed E-state index contributed by atoms with van der Waals surface area (Å²) in [6.45, 7) is -0.225. The van der Waals surface area contributed by atoms with Crippen molar-refractivity contribution in [1.29, 1.82) is 0 Å². The lowest BCUT2D eigenvalue weighted by atomic mass is 10.2. The molecule has 0 radical (unpaired) electrons. The Kier molecular flexibility index (Phi) is 4.55. The van der Waals surface area contributed by atoms with Crippen LogP contribution in [0, 0.1) is 11.6 Å². The van der Waals surface area contributed by atoms with Gasteiger partial charge in [0.2, 0.25) is 10.0 Å². The van der Waals surface area contributed by atoms with Gasteiger partial charge in [0.25, 0.3) is 0 Å². The zero-order valence-corrected chi connectivity index (χ0v) is 12.5. The Morgan fingerprint density at radius 1 is 1.24 bits per heavy atom. The van der Waals surface area contributed by atoms with Crippen molar-refractivity contribution in [3.63, 3.8) is 0 Å². The first-order valence-corrected chi connectivity index (χ1v) is 7.64. The van der Waals surface area contributed by atoms with Crippen LogP contribution < -0.4 is 0 Å². The second kappa shape index (κ2) is 6.05. The summed E-state index contributed by atoms with van der Waals surface area (Å²) in [5.74, 6) is -1.52. The minimum Gasteiger partial charge on any atom is -0.243 e. The van der Waals surface area contributed by atoms with E-state index >= 15 is 0 Å². The van der Waals surface area contributed by atoms with Crippen LogP contribution in [0.1, 0.15) is 5.56 Å². The number of hydrogen-bond donors (Lipinski definition) is 0. The van der Waals surface area contributed by atoms with Crippen LogP contribution in [0.15, 0.2) is 41.4 Å². The van der Waals surface area contributed by atoms with Crippen LogP contribution in [-0.2, 0) is 16.6 Å². The van der Waals surface area contributed by atoms with Crippen LogP contribution in [0.3, 0.4) is 0 Å². The number of hydrogen-bond acceptors (Lipinski definition) is 3. The molecule has 0 aliphatic rings. The van der Waals surface area contributed by atoms with Crippen molar-refractivity contribution in [1.82, 2.24) is 9.29 Å². The van der Waals surface area contributed by atoms with E-state index in [2.05, 4.69) is 4.98 Å². The van der Waals surface area contributed by atoms with Gasteiger partial charge in [0, 0.05) is 31.4 Å². The van der Waals surface area contributed by atoms with Gasteiger partial charge >= 0.3 is 0 Å². The highest BCUT2D eigenvalue weighted by atomic mass is 35.5. The van der Waals surface area contributed by atoms with Crippen molar-refractivity contribution in [2.75, 3.05) is 7.05 Å². The van der Waals surface area contributed by atoms with Crippen LogP contribution in [0.5, 0.6) is 0 Å². The molecule has 1 aromatic heterocycles. The molecule has 0 fully saturated rings. The lowest BCUT2D eigenvalue weighted by molar-refractivity contribution is 0.454. The third-order valence-corrected chi connectivity index (χ3v) is 4.83. The molecule has 112 valence electrons. The van der Waals surface area contributed by atoms with Crippen molar-refractivity contribution < 1.29 is 17.2 Å². The lowest BCUT2D eigenvalue weighted by Crippen LogP contribution is -2.27. The Labute approximate surface area is 126 Å². The SMILES string of the molecule is CN(Cc1ccc(F)cc1F)S(=O)(=O)c1ccc(Cl)nc1. The predicted molar refractivity (Wildman–Crippen MR) is 74.3 cm³/mol. The Balaban J connectivity index is 2.26. The molecule has 0 spiro atoms. The molecule has 1 heterocycles. The third kappa shape index (κ3) is 3.55. The molecule has 0 aliphatic heterocycles. The zero-order chi connectivity index (χ0) is 15.6. The quantitative estimate of drug-likeness (QED) is 0.809. The molecule has 2 aromatic rings. The zero-order valence-electron chi connectivity index (χ0n) is 10.9. The smallest absolute Gasteiger partial charge is 0.243 e. The first-order valence-electron chi connectivity index (χ1n) is 5.82. The van der Waals surface area contributed by atoms with Crippen LogP contribution in [-0.4, -0.2) is 24.8 Å². The van der Waals surface area contributed by atoms with Gasteiger partial charge in [-0.1, -0.05) is 17.7 Å². The molecule has 0 aliphatic carbocycles. The number of pyridine rings is 1. The number of sulfonamides is 1. The summed E-state index contributed by atoms with van der Waals surface area (Å²) < 4.78 is 51.9. The van der Waals surface area contributed by atoms with Gasteiger partial charge in [-0.3, -0.25) is 0 Å². The summed E-state index contributed by atoms with van der Waals surface area (Å²) in [5.41, 5.74) is 0.0735. The summed E-state index contributed by atoms with van der Waals surface area (Å²) in [6.07, 6.45) is 1.12. The standard InChI is InChI=1S/C13H11ClF2N2O2S/c1-18(8-9-2-3-10(15)6-12(9)16)21(19,20)11-4-5-13(14)17-7-11/h2-7H,8H2,1H3. The second-order valence-electron chi connectivity index (χ2n) is 4.31. The van der Waals surface area contributed by atoms with E-state index in [1.807, 2.05) is 0 Å². The van der Waals surface area contributed by atoms with E-state index in [0.29, 0.717) is 6.07 Å². The molecular formula is C13H11ClF2N2O2S. The molecular weight excluding hydrogens is 322 g/mol. The number of benzene rings is 1. The highest BCUT2D eigenvalue weighted by Gasteiger charge is 2.22. The lowest BCUT2D eigenvalue weighted by Gasteiger charge is -2.17. The van der Waals surface area contributed by atoms with E-state index in [0.717, 1.165) is 16.6 Å². The number of rotatable bonds is 4. The minimum absolute atomic E-state index is 0.0584. The van der Waals surface area contributed by atoms with Gasteiger partial charge < -0.3 is 0 Å². The summed E-state index contributed by atoms with van der Waals surface area (Å²) in [4.78, 5) is 3.64. The first-order chi connectivity index (χ1) is 9.80. The molecule has 4 nitrogen and oxygen atoms in total. The maximum atomic E-state index is 13.6. The minimum atomic E-state index is -3.83. The van der Waals surface area contributed by atoms with E-state index in [-0.39, 0.29) is 22.2 Å². The molecule has 1 aromatic carbocycles. The van der Waals surface area contributed by atoms with Crippen molar-refractivity contribution in [3.8, 4) is 0 Å². The van der Waals surface area contributed by atoms with Gasteiger partial charge in [-0.15, -0.1) is 0 Å². The number of halogens is 3. The second-order valence-corrected chi connectivity index (χ2v) is 6.75. The first kappa shape index (κ1) is 15.8. The molecule has 8 heteroatoms. The summed E-state index contributed by atoms with van der Waals surface area (Å²) >= 11 is 5.60. The van der Waals surface area contributed by atoms with Gasteiger partial charge in [0.05, 0.1) is 0 Å². The average Bonchev–Trinajstić information content (AvgIpc) is 2.42. The third-order valence-electron chi connectivity index (χ3n) is 2.82. The van der Waals surface area contributed by atoms with Crippen molar-refractivity contribution in [3.05, 3.63) is 58.9 Å². The normalized spacial score (nSPS) is 11.9. The van der Waals surface area contributed by atoms with Crippen LogP contribution in [0.2, 0.25) is 5.15 Å². The Morgan fingerprint density at radius 3 is 2.52 bits per heavy atom. The molecule has 0 saturated carbocycles. The van der Waals surface area contributed by atoms with Crippen LogP contribution >= 0.6 is 11.6 Å². The molecule has 0 N–H and O–H groups in total. The van der Waals surface area contributed by atoms with Gasteiger partial charge in [-0.2, -0.15) is 4.31 Å². The van der Waals surface area contributed by atoms with E-state index in [9.17, 15) is 17.2 Å².